The summed E-state index contributed by atoms with van der Waals surface area (Å²) in [4.78, 5) is 28.8. The molecule has 0 saturated carbocycles. The summed E-state index contributed by atoms with van der Waals surface area (Å²) < 4.78 is 1.41. The van der Waals surface area contributed by atoms with Gasteiger partial charge in [0, 0.05) is 25.5 Å². The Morgan fingerprint density at radius 1 is 1.33 bits per heavy atom. The van der Waals surface area contributed by atoms with E-state index in [0.717, 1.165) is 0 Å². The maximum Gasteiger partial charge on any atom is 0.338 e. The lowest BCUT2D eigenvalue weighted by Gasteiger charge is -2.18. The molecule has 0 unspecified atom stereocenters. The highest BCUT2D eigenvalue weighted by molar-refractivity contribution is 5.92. The number of hydrogen-bond donors (Lipinski definition) is 1. The van der Waals surface area contributed by atoms with Gasteiger partial charge in [0.2, 0.25) is 0 Å². The first kappa shape index (κ1) is 14.7. The third-order valence-electron chi connectivity index (χ3n) is 3.11. The van der Waals surface area contributed by atoms with Gasteiger partial charge in [-0.25, -0.2) is 9.48 Å². The molecule has 0 atom stereocenters. The van der Waals surface area contributed by atoms with E-state index in [1.165, 1.54) is 23.3 Å². The largest absolute Gasteiger partial charge is 0.478 e. The third-order valence-corrected chi connectivity index (χ3v) is 3.11. The zero-order valence-corrected chi connectivity index (χ0v) is 11.9. The maximum atomic E-state index is 12.2. The molecule has 0 aromatic carbocycles. The lowest BCUT2D eigenvalue weighted by molar-refractivity contribution is 0.0695. The molecule has 0 radical (unpaired) electrons. The van der Waals surface area contributed by atoms with Gasteiger partial charge in [0.15, 0.2) is 0 Å². The number of nitrogens with zero attached hydrogens (tertiary/aromatic N) is 4. The molecule has 0 bridgehead atoms. The second kappa shape index (κ2) is 6.17. The van der Waals surface area contributed by atoms with Crippen LogP contribution in [-0.4, -0.2) is 49.7 Å². The Labute approximate surface area is 121 Å². The first-order valence-electron chi connectivity index (χ1n) is 6.60. The van der Waals surface area contributed by atoms with Crippen molar-refractivity contribution < 1.29 is 14.7 Å². The van der Waals surface area contributed by atoms with Crippen LogP contribution in [-0.2, 0) is 0 Å². The Hall–Kier alpha value is -2.70. The van der Waals surface area contributed by atoms with Crippen molar-refractivity contribution in [2.24, 2.45) is 0 Å². The highest BCUT2D eigenvalue weighted by Crippen LogP contribution is 2.11. The predicted octanol–water partition coefficient (Wildman–Crippen LogP) is 1.45. The summed E-state index contributed by atoms with van der Waals surface area (Å²) in [7, 11) is 0. The van der Waals surface area contributed by atoms with Gasteiger partial charge in [0.05, 0.1) is 17.4 Å². The van der Waals surface area contributed by atoms with Crippen LogP contribution in [0.4, 0.5) is 0 Å². The van der Waals surface area contributed by atoms with Crippen LogP contribution in [0.25, 0.3) is 5.69 Å². The number of carbonyl (C=O) groups is 2. The Morgan fingerprint density at radius 3 is 2.62 bits per heavy atom. The van der Waals surface area contributed by atoms with E-state index in [9.17, 15) is 9.59 Å². The summed E-state index contributed by atoms with van der Waals surface area (Å²) in [6.45, 7) is 5.01. The lowest BCUT2D eigenvalue weighted by Crippen LogP contribution is -2.31. The van der Waals surface area contributed by atoms with Crippen molar-refractivity contribution in [3.05, 3.63) is 42.0 Å². The van der Waals surface area contributed by atoms with E-state index in [1.807, 2.05) is 13.8 Å². The van der Waals surface area contributed by atoms with Crippen molar-refractivity contribution in [2.45, 2.75) is 13.8 Å². The van der Waals surface area contributed by atoms with Crippen molar-refractivity contribution in [1.82, 2.24) is 19.7 Å². The number of hydrogen-bond acceptors (Lipinski definition) is 4. The molecule has 21 heavy (non-hydrogen) atoms. The van der Waals surface area contributed by atoms with Crippen LogP contribution < -0.4 is 0 Å². The summed E-state index contributed by atoms with van der Waals surface area (Å²) in [5.74, 6) is -1.21. The Balaban J connectivity index is 2.32. The second-order valence-corrected chi connectivity index (χ2v) is 4.36. The molecule has 110 valence electrons. The minimum Gasteiger partial charge on any atom is -0.478 e. The molecule has 2 aromatic rings. The normalized spacial score (nSPS) is 10.4. The van der Waals surface area contributed by atoms with Gasteiger partial charge >= 0.3 is 5.97 Å². The van der Waals surface area contributed by atoms with Crippen molar-refractivity contribution in [2.75, 3.05) is 13.1 Å². The molecular weight excluding hydrogens is 272 g/mol. The van der Waals surface area contributed by atoms with Crippen LogP contribution in [0.2, 0.25) is 0 Å². The molecule has 1 N–H and O–H groups in total. The Morgan fingerprint density at radius 2 is 2.05 bits per heavy atom. The van der Waals surface area contributed by atoms with Gasteiger partial charge in [-0.2, -0.15) is 5.10 Å². The summed E-state index contributed by atoms with van der Waals surface area (Å²) in [5, 5.41) is 12.9. The minimum atomic E-state index is -1.05. The average Bonchev–Trinajstić information content (AvgIpc) is 2.98. The van der Waals surface area contributed by atoms with Gasteiger partial charge in [-0.3, -0.25) is 9.78 Å². The first-order chi connectivity index (χ1) is 10.1. The van der Waals surface area contributed by atoms with Crippen LogP contribution in [0.5, 0.6) is 0 Å². The number of carbonyl (C=O) groups excluding carboxylic acids is 1. The third kappa shape index (κ3) is 3.07. The lowest BCUT2D eigenvalue weighted by atomic mass is 10.2. The van der Waals surface area contributed by atoms with Crippen LogP contribution in [0.3, 0.4) is 0 Å². The quantitative estimate of drug-likeness (QED) is 0.899. The Bertz CT molecular complexity index is 662. The van der Waals surface area contributed by atoms with Crippen LogP contribution in [0.15, 0.2) is 30.7 Å². The van der Waals surface area contributed by atoms with Gasteiger partial charge in [0.1, 0.15) is 5.69 Å². The second-order valence-electron chi connectivity index (χ2n) is 4.36. The molecule has 7 nitrogen and oxygen atoms in total. The fraction of sp³-hybridized carbons (Fsp3) is 0.286. The topological polar surface area (TPSA) is 88.3 Å². The Kier molecular flexibility index (Phi) is 4.32. The minimum absolute atomic E-state index is 0.0865. The summed E-state index contributed by atoms with van der Waals surface area (Å²) >= 11 is 0. The summed E-state index contributed by atoms with van der Waals surface area (Å²) in [5.41, 5.74) is 0.986. The molecule has 2 rings (SSSR count). The van der Waals surface area contributed by atoms with Gasteiger partial charge in [0.25, 0.3) is 5.91 Å². The van der Waals surface area contributed by atoms with E-state index in [-0.39, 0.29) is 11.5 Å². The number of carboxylic acids is 1. The standard InChI is InChI=1S/C14H16N4O3/c1-3-17(4-2)13(19)12-7-11(5-6-15-12)18-9-10(8-16-18)14(20)21/h5-9H,3-4H2,1-2H3,(H,20,21). The zero-order chi connectivity index (χ0) is 15.4. The van der Waals surface area contributed by atoms with Crippen molar-refractivity contribution >= 4 is 11.9 Å². The van der Waals surface area contributed by atoms with E-state index in [4.69, 9.17) is 5.11 Å². The number of carboxylic acid groups (broad SMARTS) is 1. The van der Waals surface area contributed by atoms with Gasteiger partial charge in [-0.1, -0.05) is 0 Å². The summed E-state index contributed by atoms with van der Waals surface area (Å²) in [6, 6.07) is 3.26. The number of aromatic nitrogens is 3. The molecule has 0 aliphatic rings. The van der Waals surface area contributed by atoms with E-state index >= 15 is 0 Å². The predicted molar refractivity (Wildman–Crippen MR) is 75.6 cm³/mol. The number of rotatable bonds is 5. The van der Waals surface area contributed by atoms with Gasteiger partial charge < -0.3 is 10.0 Å². The zero-order valence-electron chi connectivity index (χ0n) is 11.9. The molecule has 0 fully saturated rings. The van der Waals surface area contributed by atoms with Crippen molar-refractivity contribution in [1.29, 1.82) is 0 Å². The number of amides is 1. The average molecular weight is 288 g/mol. The van der Waals surface area contributed by atoms with E-state index < -0.39 is 5.97 Å². The van der Waals surface area contributed by atoms with Crippen molar-refractivity contribution in [3.63, 3.8) is 0 Å². The molecular formula is C14H16N4O3. The molecule has 0 aliphatic heterocycles. The van der Waals surface area contributed by atoms with Crippen LogP contribution in [0.1, 0.15) is 34.7 Å². The highest BCUT2D eigenvalue weighted by atomic mass is 16.4. The van der Waals surface area contributed by atoms with Crippen LogP contribution in [0, 0.1) is 0 Å². The van der Waals surface area contributed by atoms with Crippen LogP contribution >= 0.6 is 0 Å². The van der Waals surface area contributed by atoms with Gasteiger partial charge in [-0.05, 0) is 26.0 Å². The SMILES string of the molecule is CCN(CC)C(=O)c1cc(-n2cc(C(=O)O)cn2)ccn1. The summed E-state index contributed by atoms with van der Waals surface area (Å²) in [6.07, 6.45) is 4.16. The smallest absolute Gasteiger partial charge is 0.338 e. The molecule has 0 aliphatic carbocycles. The van der Waals surface area contributed by atoms with E-state index in [2.05, 4.69) is 10.1 Å². The molecule has 0 saturated heterocycles. The van der Waals surface area contributed by atoms with E-state index in [0.29, 0.717) is 24.5 Å². The maximum absolute atomic E-state index is 12.2. The molecule has 2 heterocycles. The highest BCUT2D eigenvalue weighted by Gasteiger charge is 2.15. The monoisotopic (exact) mass is 288 g/mol. The fourth-order valence-electron chi connectivity index (χ4n) is 1.93. The van der Waals surface area contributed by atoms with Crippen molar-refractivity contribution in [3.8, 4) is 5.69 Å². The fourth-order valence-corrected chi connectivity index (χ4v) is 1.93. The molecule has 0 spiro atoms. The first-order valence-corrected chi connectivity index (χ1v) is 6.60. The molecule has 2 aromatic heterocycles. The van der Waals surface area contributed by atoms with E-state index in [1.54, 1.807) is 17.0 Å². The van der Waals surface area contributed by atoms with Gasteiger partial charge in [-0.15, -0.1) is 0 Å². The molecule has 7 heteroatoms. The number of aromatic carboxylic acids is 1. The number of pyridine rings is 1. The molecule has 1 amide bonds.